The van der Waals surface area contributed by atoms with Crippen molar-refractivity contribution in [2.75, 3.05) is 13.1 Å². The van der Waals surface area contributed by atoms with Crippen molar-refractivity contribution >= 4 is 17.5 Å². The van der Waals surface area contributed by atoms with Crippen LogP contribution in [-0.4, -0.2) is 41.3 Å². The second kappa shape index (κ2) is 6.87. The van der Waals surface area contributed by atoms with E-state index in [1.165, 1.54) is 4.90 Å². The number of hydrogen-bond donors (Lipinski definition) is 1. The fourth-order valence-electron chi connectivity index (χ4n) is 2.65. The molecule has 1 aliphatic rings. The summed E-state index contributed by atoms with van der Waals surface area (Å²) in [6.45, 7) is 0.447. The maximum atomic E-state index is 12.5. The summed E-state index contributed by atoms with van der Waals surface area (Å²) in [4.78, 5) is 13.7. The molecule has 1 aromatic rings. The largest absolute Gasteiger partial charge is 0.414 e. The highest BCUT2D eigenvalue weighted by Crippen LogP contribution is 2.31. The summed E-state index contributed by atoms with van der Waals surface area (Å²) in [6.07, 6.45) is -6.49. The molecule has 2 rings (SSSR count). The van der Waals surface area contributed by atoms with Crippen LogP contribution in [0.15, 0.2) is 24.3 Å². The summed E-state index contributed by atoms with van der Waals surface area (Å²) in [5.74, 6) is -1.00. The van der Waals surface area contributed by atoms with Gasteiger partial charge in [0.15, 0.2) is 6.10 Å². The van der Waals surface area contributed by atoms with E-state index >= 15 is 0 Å². The summed E-state index contributed by atoms with van der Waals surface area (Å²) in [5, 5.41) is 9.76. The SMILES string of the molecule is O=C(Cc1ccccc1Cl)N1CCC(C(O)C(F)(F)F)CC1. The lowest BCUT2D eigenvalue weighted by atomic mass is 9.90. The third kappa shape index (κ3) is 4.14. The zero-order valence-corrected chi connectivity index (χ0v) is 12.6. The van der Waals surface area contributed by atoms with Crippen LogP contribution in [0.2, 0.25) is 5.02 Å². The van der Waals surface area contributed by atoms with Crippen molar-refractivity contribution in [1.29, 1.82) is 0 Å². The van der Waals surface area contributed by atoms with Gasteiger partial charge in [0.1, 0.15) is 0 Å². The van der Waals surface area contributed by atoms with E-state index in [0.717, 1.165) is 0 Å². The number of carbonyl (C=O) groups is 1. The molecule has 0 bridgehead atoms. The van der Waals surface area contributed by atoms with Gasteiger partial charge in [0.05, 0.1) is 6.42 Å². The Morgan fingerprint density at radius 3 is 2.45 bits per heavy atom. The van der Waals surface area contributed by atoms with Crippen LogP contribution in [0.3, 0.4) is 0 Å². The Kier molecular flexibility index (Phi) is 5.34. The minimum absolute atomic E-state index is 0.131. The summed E-state index contributed by atoms with van der Waals surface area (Å²) in [6, 6.07) is 6.98. The lowest BCUT2D eigenvalue weighted by Crippen LogP contribution is -2.45. The number of hydrogen-bond acceptors (Lipinski definition) is 2. The molecule has 0 aromatic heterocycles. The first kappa shape index (κ1) is 17.1. The smallest absolute Gasteiger partial charge is 0.383 e. The molecular formula is C15H17ClF3NO2. The van der Waals surface area contributed by atoms with E-state index in [9.17, 15) is 23.1 Å². The van der Waals surface area contributed by atoms with Crippen LogP contribution in [0, 0.1) is 5.92 Å². The van der Waals surface area contributed by atoms with Gasteiger partial charge in [-0.25, -0.2) is 0 Å². The van der Waals surface area contributed by atoms with Crippen molar-refractivity contribution in [3.05, 3.63) is 34.9 Å². The first-order valence-electron chi connectivity index (χ1n) is 7.05. The van der Waals surface area contributed by atoms with Crippen molar-refractivity contribution in [1.82, 2.24) is 4.90 Å². The summed E-state index contributed by atoms with van der Waals surface area (Å²) in [5.41, 5.74) is 0.701. The number of carbonyl (C=O) groups excluding carboxylic acids is 1. The van der Waals surface area contributed by atoms with E-state index in [2.05, 4.69) is 0 Å². The molecule has 3 nitrogen and oxygen atoms in total. The Hall–Kier alpha value is -1.27. The Bertz CT molecular complexity index is 528. The average molecular weight is 336 g/mol. The Labute approximate surface area is 131 Å². The summed E-state index contributed by atoms with van der Waals surface area (Å²) >= 11 is 5.99. The molecule has 1 heterocycles. The maximum absolute atomic E-state index is 12.5. The predicted molar refractivity (Wildman–Crippen MR) is 76.5 cm³/mol. The van der Waals surface area contributed by atoms with Gasteiger partial charge < -0.3 is 10.0 Å². The highest BCUT2D eigenvalue weighted by atomic mass is 35.5. The Balaban J connectivity index is 1.89. The van der Waals surface area contributed by atoms with Crippen LogP contribution in [0.4, 0.5) is 13.2 Å². The molecule has 0 aliphatic carbocycles. The van der Waals surface area contributed by atoms with Gasteiger partial charge in [0.25, 0.3) is 0 Å². The lowest BCUT2D eigenvalue weighted by Gasteiger charge is -2.34. The van der Waals surface area contributed by atoms with Gasteiger partial charge in [-0.2, -0.15) is 13.2 Å². The van der Waals surface area contributed by atoms with Gasteiger partial charge in [-0.15, -0.1) is 0 Å². The van der Waals surface area contributed by atoms with E-state index in [-0.39, 0.29) is 38.3 Å². The number of likely N-dealkylation sites (tertiary alicyclic amines) is 1. The molecule has 22 heavy (non-hydrogen) atoms. The molecule has 0 spiro atoms. The quantitative estimate of drug-likeness (QED) is 0.922. The van der Waals surface area contributed by atoms with Crippen LogP contribution in [0.25, 0.3) is 0 Å². The second-order valence-electron chi connectivity index (χ2n) is 5.47. The Morgan fingerprint density at radius 1 is 1.32 bits per heavy atom. The molecule has 1 saturated heterocycles. The van der Waals surface area contributed by atoms with Crippen LogP contribution < -0.4 is 0 Å². The molecule has 1 unspecified atom stereocenters. The van der Waals surface area contributed by atoms with Crippen molar-refractivity contribution in [2.45, 2.75) is 31.5 Å². The van der Waals surface area contributed by atoms with Crippen LogP contribution in [0.1, 0.15) is 18.4 Å². The fraction of sp³-hybridized carbons (Fsp3) is 0.533. The molecule has 1 N–H and O–H groups in total. The molecule has 1 aliphatic heterocycles. The maximum Gasteiger partial charge on any atom is 0.414 e. The van der Waals surface area contributed by atoms with Crippen LogP contribution in [-0.2, 0) is 11.2 Å². The van der Waals surface area contributed by atoms with Crippen molar-refractivity contribution in [3.8, 4) is 0 Å². The van der Waals surface area contributed by atoms with Crippen molar-refractivity contribution in [2.24, 2.45) is 5.92 Å². The number of amides is 1. The lowest BCUT2D eigenvalue weighted by molar-refractivity contribution is -0.222. The molecule has 122 valence electrons. The van der Waals surface area contributed by atoms with Crippen molar-refractivity contribution in [3.63, 3.8) is 0 Å². The van der Waals surface area contributed by atoms with E-state index in [0.29, 0.717) is 10.6 Å². The molecule has 1 fully saturated rings. The molecular weight excluding hydrogens is 319 g/mol. The van der Waals surface area contributed by atoms with Crippen LogP contribution >= 0.6 is 11.6 Å². The summed E-state index contributed by atoms with van der Waals surface area (Å²) in [7, 11) is 0. The van der Waals surface area contributed by atoms with Gasteiger partial charge in [-0.3, -0.25) is 4.79 Å². The topological polar surface area (TPSA) is 40.5 Å². The number of benzene rings is 1. The number of alkyl halides is 3. The standard InChI is InChI=1S/C15H17ClF3NO2/c16-12-4-2-1-3-11(12)9-13(21)20-7-5-10(6-8-20)14(22)15(17,18)19/h1-4,10,14,22H,5-9H2. The number of piperidine rings is 1. The number of aliphatic hydroxyl groups is 1. The van der Waals surface area contributed by atoms with Gasteiger partial charge in [0.2, 0.25) is 5.91 Å². The number of aliphatic hydroxyl groups excluding tert-OH is 1. The van der Waals surface area contributed by atoms with Gasteiger partial charge >= 0.3 is 6.18 Å². The highest BCUT2D eigenvalue weighted by molar-refractivity contribution is 6.31. The van der Waals surface area contributed by atoms with Crippen LogP contribution in [0.5, 0.6) is 0 Å². The number of nitrogens with zero attached hydrogens (tertiary/aromatic N) is 1. The monoisotopic (exact) mass is 335 g/mol. The van der Waals surface area contributed by atoms with E-state index in [1.807, 2.05) is 0 Å². The Morgan fingerprint density at radius 2 is 1.91 bits per heavy atom. The van der Waals surface area contributed by atoms with Gasteiger partial charge in [0, 0.05) is 18.1 Å². The predicted octanol–water partition coefficient (Wildman–Crippen LogP) is 3.04. The molecule has 7 heteroatoms. The molecule has 1 aromatic carbocycles. The van der Waals surface area contributed by atoms with E-state index in [1.54, 1.807) is 24.3 Å². The van der Waals surface area contributed by atoms with Gasteiger partial charge in [-0.05, 0) is 30.4 Å². The third-order valence-corrected chi connectivity index (χ3v) is 4.34. The fourth-order valence-corrected chi connectivity index (χ4v) is 2.85. The minimum Gasteiger partial charge on any atom is -0.383 e. The van der Waals surface area contributed by atoms with E-state index in [4.69, 9.17) is 11.6 Å². The highest BCUT2D eigenvalue weighted by Gasteiger charge is 2.44. The normalized spacial score (nSPS) is 18.3. The second-order valence-corrected chi connectivity index (χ2v) is 5.88. The van der Waals surface area contributed by atoms with E-state index < -0.39 is 18.2 Å². The zero-order valence-electron chi connectivity index (χ0n) is 11.8. The molecule has 0 radical (unpaired) electrons. The first-order chi connectivity index (χ1) is 10.3. The number of rotatable bonds is 3. The average Bonchev–Trinajstić information content (AvgIpc) is 2.48. The first-order valence-corrected chi connectivity index (χ1v) is 7.43. The minimum atomic E-state index is -4.60. The third-order valence-electron chi connectivity index (χ3n) is 3.97. The zero-order chi connectivity index (χ0) is 16.3. The number of halogens is 4. The molecule has 0 saturated carbocycles. The van der Waals surface area contributed by atoms with Gasteiger partial charge in [-0.1, -0.05) is 29.8 Å². The molecule has 1 amide bonds. The summed E-state index contributed by atoms with van der Waals surface area (Å²) < 4.78 is 37.4. The molecule has 1 atom stereocenters. The van der Waals surface area contributed by atoms with Crippen molar-refractivity contribution < 1.29 is 23.1 Å².